The zero-order valence-electron chi connectivity index (χ0n) is 13.2. The quantitative estimate of drug-likeness (QED) is 0.860. The van der Waals surface area contributed by atoms with Crippen molar-refractivity contribution in [1.29, 1.82) is 0 Å². The SMILES string of the molecule is CCOc1ccc(C(C)NC(=O)c2ccc(C(N)=O)cc2)cc1. The Morgan fingerprint density at radius 3 is 2.13 bits per heavy atom. The highest BCUT2D eigenvalue weighted by molar-refractivity contribution is 5.97. The minimum atomic E-state index is -0.514. The van der Waals surface area contributed by atoms with E-state index in [-0.39, 0.29) is 11.9 Å². The average Bonchev–Trinajstić information content (AvgIpc) is 2.55. The Morgan fingerprint density at radius 1 is 1.04 bits per heavy atom. The first-order valence-corrected chi connectivity index (χ1v) is 7.44. The summed E-state index contributed by atoms with van der Waals surface area (Å²) in [6.45, 7) is 4.46. The monoisotopic (exact) mass is 312 g/mol. The second-order valence-corrected chi connectivity index (χ2v) is 5.14. The maximum atomic E-state index is 12.2. The summed E-state index contributed by atoms with van der Waals surface area (Å²) in [7, 11) is 0. The van der Waals surface area contributed by atoms with Gasteiger partial charge in [-0.2, -0.15) is 0 Å². The minimum Gasteiger partial charge on any atom is -0.494 e. The summed E-state index contributed by atoms with van der Waals surface area (Å²) in [5.74, 6) is 0.0823. The molecule has 0 aliphatic rings. The van der Waals surface area contributed by atoms with E-state index in [2.05, 4.69) is 5.32 Å². The molecule has 0 aromatic heterocycles. The van der Waals surface area contributed by atoms with Crippen molar-refractivity contribution >= 4 is 11.8 Å². The predicted molar refractivity (Wildman–Crippen MR) is 88.5 cm³/mol. The van der Waals surface area contributed by atoms with Crippen molar-refractivity contribution in [2.24, 2.45) is 5.73 Å². The van der Waals surface area contributed by atoms with Gasteiger partial charge in [-0.15, -0.1) is 0 Å². The molecule has 0 heterocycles. The van der Waals surface area contributed by atoms with Crippen LogP contribution >= 0.6 is 0 Å². The van der Waals surface area contributed by atoms with Gasteiger partial charge in [0.05, 0.1) is 12.6 Å². The lowest BCUT2D eigenvalue weighted by molar-refractivity contribution is 0.0937. The number of nitrogens with two attached hydrogens (primary N) is 1. The Labute approximate surface area is 135 Å². The molecule has 5 heteroatoms. The van der Waals surface area contributed by atoms with Crippen LogP contribution < -0.4 is 15.8 Å². The molecule has 1 unspecified atom stereocenters. The Bertz CT molecular complexity index is 678. The van der Waals surface area contributed by atoms with Crippen molar-refractivity contribution < 1.29 is 14.3 Å². The van der Waals surface area contributed by atoms with Crippen LogP contribution in [0.25, 0.3) is 0 Å². The molecule has 0 spiro atoms. The number of primary amides is 1. The summed E-state index contributed by atoms with van der Waals surface area (Å²) < 4.78 is 5.40. The minimum absolute atomic E-state index is 0.144. The van der Waals surface area contributed by atoms with Crippen molar-refractivity contribution in [3.05, 3.63) is 65.2 Å². The molecule has 1 atom stereocenters. The molecule has 2 rings (SSSR count). The number of benzene rings is 2. The summed E-state index contributed by atoms with van der Waals surface area (Å²) in [5.41, 5.74) is 7.02. The number of carbonyl (C=O) groups excluding carboxylic acids is 2. The first kappa shape index (κ1) is 16.5. The summed E-state index contributed by atoms with van der Waals surface area (Å²) in [4.78, 5) is 23.3. The highest BCUT2D eigenvalue weighted by Crippen LogP contribution is 2.18. The molecule has 2 aromatic carbocycles. The smallest absolute Gasteiger partial charge is 0.251 e. The third kappa shape index (κ3) is 4.32. The van der Waals surface area contributed by atoms with Gasteiger partial charge < -0.3 is 15.8 Å². The van der Waals surface area contributed by atoms with Gasteiger partial charge in [0.1, 0.15) is 5.75 Å². The van der Waals surface area contributed by atoms with Gasteiger partial charge in [0.15, 0.2) is 0 Å². The van der Waals surface area contributed by atoms with E-state index in [1.54, 1.807) is 24.3 Å². The molecule has 23 heavy (non-hydrogen) atoms. The van der Waals surface area contributed by atoms with E-state index < -0.39 is 5.91 Å². The summed E-state index contributed by atoms with van der Waals surface area (Å²) >= 11 is 0. The van der Waals surface area contributed by atoms with Crippen LogP contribution in [0, 0.1) is 0 Å². The molecule has 120 valence electrons. The first-order chi connectivity index (χ1) is 11.0. The number of ether oxygens (including phenoxy) is 1. The van der Waals surface area contributed by atoms with Gasteiger partial charge in [0.2, 0.25) is 5.91 Å². The number of nitrogens with one attached hydrogen (secondary N) is 1. The molecule has 0 aliphatic carbocycles. The first-order valence-electron chi connectivity index (χ1n) is 7.44. The van der Waals surface area contributed by atoms with E-state index in [1.165, 1.54) is 0 Å². The van der Waals surface area contributed by atoms with Crippen LogP contribution in [0.5, 0.6) is 5.75 Å². The highest BCUT2D eigenvalue weighted by atomic mass is 16.5. The lowest BCUT2D eigenvalue weighted by Crippen LogP contribution is -2.26. The predicted octanol–water partition coefficient (Wildman–Crippen LogP) is 2.68. The molecular formula is C18H20N2O3. The van der Waals surface area contributed by atoms with E-state index in [4.69, 9.17) is 10.5 Å². The molecule has 0 saturated carbocycles. The Morgan fingerprint density at radius 2 is 1.61 bits per heavy atom. The third-order valence-electron chi connectivity index (χ3n) is 3.47. The van der Waals surface area contributed by atoms with Gasteiger partial charge in [-0.1, -0.05) is 12.1 Å². The van der Waals surface area contributed by atoms with Crippen LogP contribution in [0.3, 0.4) is 0 Å². The fourth-order valence-corrected chi connectivity index (χ4v) is 2.17. The second-order valence-electron chi connectivity index (χ2n) is 5.14. The Kier molecular flexibility index (Phi) is 5.36. The topological polar surface area (TPSA) is 81.4 Å². The van der Waals surface area contributed by atoms with Gasteiger partial charge in [0.25, 0.3) is 5.91 Å². The highest BCUT2D eigenvalue weighted by Gasteiger charge is 2.12. The fourth-order valence-electron chi connectivity index (χ4n) is 2.17. The number of amides is 2. The van der Waals surface area contributed by atoms with E-state index in [9.17, 15) is 9.59 Å². The van der Waals surface area contributed by atoms with Crippen LogP contribution in [0.1, 0.15) is 46.2 Å². The Balaban J connectivity index is 2.02. The van der Waals surface area contributed by atoms with Gasteiger partial charge in [0, 0.05) is 11.1 Å². The van der Waals surface area contributed by atoms with Crippen molar-refractivity contribution in [3.8, 4) is 5.75 Å². The maximum absolute atomic E-state index is 12.2. The van der Waals surface area contributed by atoms with Gasteiger partial charge in [-0.3, -0.25) is 9.59 Å². The van der Waals surface area contributed by atoms with E-state index in [0.29, 0.717) is 17.7 Å². The molecule has 2 amide bonds. The molecule has 0 aliphatic heterocycles. The van der Waals surface area contributed by atoms with Crippen molar-refractivity contribution in [1.82, 2.24) is 5.32 Å². The standard InChI is InChI=1S/C18H20N2O3/c1-3-23-16-10-8-13(9-11-16)12(2)20-18(22)15-6-4-14(5-7-15)17(19)21/h4-12H,3H2,1-2H3,(H2,19,21)(H,20,22). The third-order valence-corrected chi connectivity index (χ3v) is 3.47. The zero-order chi connectivity index (χ0) is 16.8. The molecule has 2 aromatic rings. The molecule has 0 saturated heterocycles. The van der Waals surface area contributed by atoms with E-state index in [1.807, 2.05) is 38.1 Å². The summed E-state index contributed by atoms with van der Waals surface area (Å²) in [5, 5.41) is 2.92. The fraction of sp³-hybridized carbons (Fsp3) is 0.222. The average molecular weight is 312 g/mol. The maximum Gasteiger partial charge on any atom is 0.251 e. The molecular weight excluding hydrogens is 292 g/mol. The summed E-state index contributed by atoms with van der Waals surface area (Å²) in [6, 6.07) is 13.7. The zero-order valence-corrected chi connectivity index (χ0v) is 13.2. The van der Waals surface area contributed by atoms with E-state index in [0.717, 1.165) is 11.3 Å². The van der Waals surface area contributed by atoms with Gasteiger partial charge >= 0.3 is 0 Å². The van der Waals surface area contributed by atoms with Crippen LogP contribution in [-0.2, 0) is 0 Å². The van der Waals surface area contributed by atoms with Gasteiger partial charge in [-0.25, -0.2) is 0 Å². The van der Waals surface area contributed by atoms with Gasteiger partial charge in [-0.05, 0) is 55.8 Å². The van der Waals surface area contributed by atoms with Crippen LogP contribution in [0.15, 0.2) is 48.5 Å². The molecule has 5 nitrogen and oxygen atoms in total. The van der Waals surface area contributed by atoms with Crippen molar-refractivity contribution in [2.75, 3.05) is 6.61 Å². The normalized spacial score (nSPS) is 11.6. The lowest BCUT2D eigenvalue weighted by atomic mass is 10.1. The lowest BCUT2D eigenvalue weighted by Gasteiger charge is -2.15. The van der Waals surface area contributed by atoms with Crippen LogP contribution in [0.4, 0.5) is 0 Å². The number of hydrogen-bond acceptors (Lipinski definition) is 3. The Hall–Kier alpha value is -2.82. The van der Waals surface area contributed by atoms with E-state index >= 15 is 0 Å². The van der Waals surface area contributed by atoms with Crippen LogP contribution in [-0.4, -0.2) is 18.4 Å². The number of rotatable bonds is 6. The largest absolute Gasteiger partial charge is 0.494 e. The molecule has 0 fully saturated rings. The second kappa shape index (κ2) is 7.45. The van der Waals surface area contributed by atoms with Crippen molar-refractivity contribution in [3.63, 3.8) is 0 Å². The summed E-state index contributed by atoms with van der Waals surface area (Å²) in [6.07, 6.45) is 0. The van der Waals surface area contributed by atoms with Crippen molar-refractivity contribution in [2.45, 2.75) is 19.9 Å². The number of carbonyl (C=O) groups is 2. The molecule has 0 bridgehead atoms. The number of hydrogen-bond donors (Lipinski definition) is 2. The van der Waals surface area contributed by atoms with Crippen LogP contribution in [0.2, 0.25) is 0 Å². The molecule has 0 radical (unpaired) electrons. The molecule has 3 N–H and O–H groups in total.